The van der Waals surface area contributed by atoms with E-state index in [1.807, 2.05) is 42.5 Å². The zero-order valence-electron chi connectivity index (χ0n) is 12.0. The topological polar surface area (TPSA) is 38.3 Å². The summed E-state index contributed by atoms with van der Waals surface area (Å²) in [5.41, 5.74) is 0.849. The van der Waals surface area contributed by atoms with Gasteiger partial charge in [-0.2, -0.15) is 13.2 Å². The van der Waals surface area contributed by atoms with Gasteiger partial charge in [0, 0.05) is 0 Å². The molecule has 0 aromatic heterocycles. The highest BCUT2D eigenvalue weighted by Gasteiger charge is 2.31. The standard InChI is InChI=1S/C16H16F3NO2/c1-20-14(15(21)22-10-16(17,18)19)9-11-6-7-12-4-2-3-5-13(12)8-11/h2-8,14,20H,9-10H2,1H3/t14-/m0/s1. The van der Waals surface area contributed by atoms with Crippen LogP contribution in [0.4, 0.5) is 13.2 Å². The van der Waals surface area contributed by atoms with Gasteiger partial charge in [-0.25, -0.2) is 0 Å². The molecule has 0 saturated heterocycles. The Morgan fingerprint density at radius 1 is 1.18 bits per heavy atom. The summed E-state index contributed by atoms with van der Waals surface area (Å²) in [7, 11) is 1.51. The van der Waals surface area contributed by atoms with Crippen LogP contribution in [0.25, 0.3) is 10.8 Å². The lowest BCUT2D eigenvalue weighted by molar-refractivity contribution is -0.187. The predicted molar refractivity (Wildman–Crippen MR) is 77.5 cm³/mol. The fourth-order valence-electron chi connectivity index (χ4n) is 2.16. The lowest BCUT2D eigenvalue weighted by Gasteiger charge is -2.16. The van der Waals surface area contributed by atoms with Crippen LogP contribution in [0.1, 0.15) is 5.56 Å². The average molecular weight is 311 g/mol. The van der Waals surface area contributed by atoms with Gasteiger partial charge in [0.1, 0.15) is 6.04 Å². The molecule has 0 aliphatic rings. The van der Waals surface area contributed by atoms with E-state index in [0.29, 0.717) is 0 Å². The largest absolute Gasteiger partial charge is 0.455 e. The van der Waals surface area contributed by atoms with Crippen LogP contribution in [0, 0.1) is 0 Å². The van der Waals surface area contributed by atoms with Crippen LogP contribution in [0.2, 0.25) is 0 Å². The van der Waals surface area contributed by atoms with Gasteiger partial charge in [-0.1, -0.05) is 42.5 Å². The Morgan fingerprint density at radius 2 is 1.86 bits per heavy atom. The van der Waals surface area contributed by atoms with Crippen LogP contribution in [0.3, 0.4) is 0 Å². The van der Waals surface area contributed by atoms with Gasteiger partial charge in [0.2, 0.25) is 0 Å². The lowest BCUT2D eigenvalue weighted by atomic mass is 10.0. The van der Waals surface area contributed by atoms with E-state index in [-0.39, 0.29) is 6.42 Å². The smallest absolute Gasteiger partial charge is 0.422 e. The van der Waals surface area contributed by atoms with Crippen molar-refractivity contribution in [1.29, 1.82) is 0 Å². The number of carbonyl (C=O) groups excluding carboxylic acids is 1. The zero-order valence-corrected chi connectivity index (χ0v) is 12.0. The summed E-state index contributed by atoms with van der Waals surface area (Å²) in [4.78, 5) is 11.7. The van der Waals surface area contributed by atoms with Crippen LogP contribution >= 0.6 is 0 Å². The molecule has 0 unspecified atom stereocenters. The van der Waals surface area contributed by atoms with E-state index >= 15 is 0 Å². The summed E-state index contributed by atoms with van der Waals surface area (Å²) in [5, 5.41) is 4.77. The number of halogens is 3. The quantitative estimate of drug-likeness (QED) is 0.863. The number of rotatable bonds is 5. The molecule has 0 heterocycles. The van der Waals surface area contributed by atoms with E-state index in [9.17, 15) is 18.0 Å². The van der Waals surface area contributed by atoms with Crippen LogP contribution in [-0.4, -0.2) is 31.8 Å². The first-order valence-corrected chi connectivity index (χ1v) is 6.77. The first kappa shape index (κ1) is 16.3. The Morgan fingerprint density at radius 3 is 2.50 bits per heavy atom. The summed E-state index contributed by atoms with van der Waals surface area (Å²) >= 11 is 0. The summed E-state index contributed by atoms with van der Waals surface area (Å²) in [6.07, 6.45) is -4.26. The summed E-state index contributed by atoms with van der Waals surface area (Å²) < 4.78 is 40.6. The van der Waals surface area contributed by atoms with Gasteiger partial charge in [0.15, 0.2) is 6.61 Å². The SMILES string of the molecule is CN[C@@H](Cc1ccc2ccccc2c1)C(=O)OCC(F)(F)F. The van der Waals surface area contributed by atoms with Crippen molar-refractivity contribution in [1.82, 2.24) is 5.32 Å². The molecule has 0 spiro atoms. The molecule has 0 saturated carbocycles. The van der Waals surface area contributed by atoms with Crippen molar-refractivity contribution in [2.24, 2.45) is 0 Å². The second-order valence-corrected chi connectivity index (χ2v) is 4.95. The molecule has 2 aromatic carbocycles. The van der Waals surface area contributed by atoms with E-state index in [2.05, 4.69) is 10.1 Å². The monoisotopic (exact) mass is 311 g/mol. The number of likely N-dealkylation sites (N-methyl/N-ethyl adjacent to an activating group) is 1. The molecular formula is C16H16F3NO2. The fraction of sp³-hybridized carbons (Fsp3) is 0.312. The third kappa shape index (κ3) is 4.46. The molecule has 118 valence electrons. The fourth-order valence-corrected chi connectivity index (χ4v) is 2.16. The molecular weight excluding hydrogens is 295 g/mol. The van der Waals surface area contributed by atoms with Gasteiger partial charge >= 0.3 is 12.1 Å². The van der Waals surface area contributed by atoms with Crippen molar-refractivity contribution in [2.75, 3.05) is 13.7 Å². The first-order valence-electron chi connectivity index (χ1n) is 6.77. The number of benzene rings is 2. The first-order chi connectivity index (χ1) is 10.4. The number of hydrogen-bond donors (Lipinski definition) is 1. The second kappa shape index (κ2) is 6.79. The van der Waals surface area contributed by atoms with Crippen molar-refractivity contribution < 1.29 is 22.7 Å². The maximum atomic E-state index is 12.1. The van der Waals surface area contributed by atoms with Gasteiger partial charge in [-0.15, -0.1) is 0 Å². The number of alkyl halides is 3. The van der Waals surface area contributed by atoms with Crippen molar-refractivity contribution >= 4 is 16.7 Å². The molecule has 2 rings (SSSR count). The minimum Gasteiger partial charge on any atom is -0.455 e. The highest BCUT2D eigenvalue weighted by atomic mass is 19.4. The molecule has 22 heavy (non-hydrogen) atoms. The van der Waals surface area contributed by atoms with Gasteiger partial charge in [-0.3, -0.25) is 4.79 Å². The van der Waals surface area contributed by atoms with E-state index in [4.69, 9.17) is 0 Å². The average Bonchev–Trinajstić information content (AvgIpc) is 2.49. The minimum absolute atomic E-state index is 0.262. The van der Waals surface area contributed by atoms with Crippen molar-refractivity contribution in [3.8, 4) is 0 Å². The molecule has 3 nitrogen and oxygen atoms in total. The highest BCUT2D eigenvalue weighted by Crippen LogP contribution is 2.18. The summed E-state index contributed by atoms with van der Waals surface area (Å²) in [5.74, 6) is -0.909. The predicted octanol–water partition coefficient (Wildman–Crippen LogP) is 3.08. The van der Waals surface area contributed by atoms with E-state index in [0.717, 1.165) is 16.3 Å². The number of nitrogens with one attached hydrogen (secondary N) is 1. The molecule has 0 bridgehead atoms. The Hall–Kier alpha value is -2.08. The second-order valence-electron chi connectivity index (χ2n) is 4.95. The third-order valence-corrected chi connectivity index (χ3v) is 3.26. The van der Waals surface area contributed by atoms with Gasteiger partial charge in [-0.05, 0) is 29.8 Å². The minimum atomic E-state index is -4.52. The van der Waals surface area contributed by atoms with Crippen LogP contribution in [0.15, 0.2) is 42.5 Å². The normalized spacial score (nSPS) is 13.1. The summed E-state index contributed by atoms with van der Waals surface area (Å²) in [6, 6.07) is 12.6. The lowest BCUT2D eigenvalue weighted by Crippen LogP contribution is -2.39. The number of ether oxygens (including phenoxy) is 1. The van der Waals surface area contributed by atoms with E-state index in [1.54, 1.807) is 0 Å². The number of carbonyl (C=O) groups is 1. The van der Waals surface area contributed by atoms with E-state index in [1.165, 1.54) is 7.05 Å². The van der Waals surface area contributed by atoms with Crippen LogP contribution < -0.4 is 5.32 Å². The molecule has 0 aliphatic carbocycles. The Kier molecular flexibility index (Phi) is 5.03. The Balaban J connectivity index is 2.06. The molecule has 0 fully saturated rings. The van der Waals surface area contributed by atoms with Gasteiger partial charge in [0.25, 0.3) is 0 Å². The van der Waals surface area contributed by atoms with Crippen LogP contribution in [-0.2, 0) is 16.0 Å². The number of hydrogen-bond acceptors (Lipinski definition) is 3. The highest BCUT2D eigenvalue weighted by molar-refractivity contribution is 5.83. The maximum absolute atomic E-state index is 12.1. The molecule has 0 aliphatic heterocycles. The van der Waals surface area contributed by atoms with E-state index < -0.39 is 24.8 Å². The Bertz CT molecular complexity index is 655. The molecule has 0 amide bonds. The van der Waals surface area contributed by atoms with Gasteiger partial charge < -0.3 is 10.1 Å². The number of fused-ring (bicyclic) bond motifs is 1. The van der Waals surface area contributed by atoms with Crippen molar-refractivity contribution in [3.05, 3.63) is 48.0 Å². The van der Waals surface area contributed by atoms with Crippen molar-refractivity contribution in [2.45, 2.75) is 18.6 Å². The van der Waals surface area contributed by atoms with Crippen LogP contribution in [0.5, 0.6) is 0 Å². The summed E-state index contributed by atoms with van der Waals surface area (Å²) in [6.45, 7) is -1.57. The zero-order chi connectivity index (χ0) is 16.2. The molecule has 1 atom stereocenters. The van der Waals surface area contributed by atoms with Crippen molar-refractivity contribution in [3.63, 3.8) is 0 Å². The molecule has 1 N–H and O–H groups in total. The molecule has 6 heteroatoms. The maximum Gasteiger partial charge on any atom is 0.422 e. The number of esters is 1. The molecule has 0 radical (unpaired) electrons. The van der Waals surface area contributed by atoms with Gasteiger partial charge in [0.05, 0.1) is 0 Å². The molecule has 2 aromatic rings. The third-order valence-electron chi connectivity index (χ3n) is 3.26. The Labute approximate surface area is 126 Å².